The molecule has 0 unspecified atom stereocenters. The van der Waals surface area contributed by atoms with Crippen LogP contribution in [0.5, 0.6) is 6.01 Å². The highest BCUT2D eigenvalue weighted by Crippen LogP contribution is 2.37. The lowest BCUT2D eigenvalue weighted by Gasteiger charge is -2.42. The molecule has 0 spiro atoms. The number of benzene rings is 2. The van der Waals surface area contributed by atoms with Gasteiger partial charge in [0.15, 0.2) is 0 Å². The molecule has 3 atom stereocenters. The van der Waals surface area contributed by atoms with Crippen LogP contribution in [-0.4, -0.2) is 100 Å². The minimum Gasteiger partial charge on any atom is -0.462 e. The fourth-order valence-electron chi connectivity index (χ4n) is 7.18. The fraction of sp³-hybridized carbons (Fsp3) is 0.389. The first-order valence-electron chi connectivity index (χ1n) is 16.5. The van der Waals surface area contributed by atoms with Crippen LogP contribution < -0.4 is 14.5 Å². The number of piperazine rings is 1. The standard InChI is InChI=1S/C36H37ClFN9O2/c1-23(25-16-40-22-41-17-25)35(48)47-14-13-46(19-27(47)9-11-39)34-29-10-12-45(32-8-4-6-24-5-3-7-30(37)33(24)32)20-31(29)42-36(43-34)49-21-28-15-26(38)18-44(28)2/h3-8,16-17,22,26-28H,1,9-10,12-15,18-21H2,2H3/t26-,27+,28+/m1/s1. The summed E-state index contributed by atoms with van der Waals surface area (Å²) in [6, 6.07) is 14.1. The zero-order valence-corrected chi connectivity index (χ0v) is 28.1. The van der Waals surface area contributed by atoms with Gasteiger partial charge >= 0.3 is 6.01 Å². The average Bonchev–Trinajstić information content (AvgIpc) is 3.45. The van der Waals surface area contributed by atoms with Crippen LogP contribution in [0, 0.1) is 11.3 Å². The quantitative estimate of drug-likeness (QED) is 0.243. The molecule has 13 heteroatoms. The fourth-order valence-corrected chi connectivity index (χ4v) is 7.46. The van der Waals surface area contributed by atoms with Gasteiger partial charge in [-0.3, -0.25) is 9.69 Å². The lowest BCUT2D eigenvalue weighted by atomic mass is 10.0. The van der Waals surface area contributed by atoms with Crippen LogP contribution in [0.3, 0.4) is 0 Å². The largest absolute Gasteiger partial charge is 0.462 e. The zero-order valence-electron chi connectivity index (χ0n) is 27.3. The minimum absolute atomic E-state index is 0.0786. The van der Waals surface area contributed by atoms with E-state index in [-0.39, 0.29) is 36.6 Å². The van der Waals surface area contributed by atoms with Gasteiger partial charge in [-0.05, 0) is 37.4 Å². The second-order valence-corrected chi connectivity index (χ2v) is 13.3. The predicted molar refractivity (Wildman–Crippen MR) is 186 cm³/mol. The molecule has 49 heavy (non-hydrogen) atoms. The SMILES string of the molecule is C=C(C(=O)N1CCN(c2nc(OC[C@@H]3C[C@@H](F)CN3C)nc3c2CCN(c2cccc4cccc(Cl)c24)C3)C[C@@H]1CC#N)c1cncnc1. The number of hydrogen-bond donors (Lipinski definition) is 0. The number of nitriles is 1. The molecule has 0 radical (unpaired) electrons. The van der Waals surface area contributed by atoms with E-state index in [1.807, 2.05) is 30.1 Å². The molecular formula is C36H37ClFN9O2. The Morgan fingerprint density at radius 3 is 2.63 bits per heavy atom. The van der Waals surface area contributed by atoms with E-state index < -0.39 is 12.2 Å². The number of anilines is 2. The number of fused-ring (bicyclic) bond motifs is 2. The third-order valence-corrected chi connectivity index (χ3v) is 10.1. The first-order chi connectivity index (χ1) is 23.8. The molecule has 5 heterocycles. The number of nitrogens with zero attached hydrogens (tertiary/aromatic N) is 9. The highest BCUT2D eigenvalue weighted by molar-refractivity contribution is 6.36. The second kappa shape index (κ2) is 13.9. The van der Waals surface area contributed by atoms with Crippen molar-refractivity contribution in [2.45, 2.75) is 44.1 Å². The molecule has 3 aliphatic heterocycles. The van der Waals surface area contributed by atoms with Crippen LogP contribution >= 0.6 is 11.6 Å². The Kier molecular flexibility index (Phi) is 9.29. The highest BCUT2D eigenvalue weighted by Gasteiger charge is 2.36. The van der Waals surface area contributed by atoms with E-state index in [2.05, 4.69) is 50.6 Å². The van der Waals surface area contributed by atoms with Crippen molar-refractivity contribution in [3.05, 3.63) is 83.5 Å². The van der Waals surface area contributed by atoms with E-state index in [0.717, 1.165) is 40.1 Å². The van der Waals surface area contributed by atoms with E-state index in [1.54, 1.807) is 17.3 Å². The van der Waals surface area contributed by atoms with E-state index in [4.69, 9.17) is 26.3 Å². The summed E-state index contributed by atoms with van der Waals surface area (Å²) in [4.78, 5) is 39.6. The summed E-state index contributed by atoms with van der Waals surface area (Å²) in [5.74, 6) is 0.490. The lowest BCUT2D eigenvalue weighted by molar-refractivity contribution is -0.127. The van der Waals surface area contributed by atoms with Crippen LogP contribution in [-0.2, 0) is 17.8 Å². The summed E-state index contributed by atoms with van der Waals surface area (Å²) >= 11 is 6.71. The summed E-state index contributed by atoms with van der Waals surface area (Å²) in [7, 11) is 1.90. The normalized spacial score (nSPS) is 21.0. The van der Waals surface area contributed by atoms with E-state index in [9.17, 15) is 14.4 Å². The number of hydrogen-bond acceptors (Lipinski definition) is 10. The topological polar surface area (TPSA) is 115 Å². The monoisotopic (exact) mass is 681 g/mol. The molecule has 2 fully saturated rings. The maximum atomic E-state index is 14.1. The number of ether oxygens (including phenoxy) is 1. The van der Waals surface area contributed by atoms with Crippen molar-refractivity contribution in [3.8, 4) is 12.1 Å². The third-order valence-electron chi connectivity index (χ3n) is 9.77. The molecular weight excluding hydrogens is 645 g/mol. The van der Waals surface area contributed by atoms with Gasteiger partial charge in [-0.25, -0.2) is 14.4 Å². The minimum atomic E-state index is -0.888. The van der Waals surface area contributed by atoms with Gasteiger partial charge in [0.1, 0.15) is 24.9 Å². The van der Waals surface area contributed by atoms with E-state index in [0.29, 0.717) is 56.2 Å². The smallest absolute Gasteiger partial charge is 0.318 e. The maximum absolute atomic E-state index is 14.1. The Labute approximate surface area is 289 Å². The predicted octanol–water partition coefficient (Wildman–Crippen LogP) is 4.70. The van der Waals surface area contributed by atoms with Crippen LogP contribution in [0.2, 0.25) is 5.02 Å². The molecule has 4 aromatic rings. The summed E-state index contributed by atoms with van der Waals surface area (Å²) < 4.78 is 20.4. The van der Waals surface area contributed by atoms with Gasteiger partial charge in [-0.1, -0.05) is 42.4 Å². The van der Waals surface area contributed by atoms with E-state index in [1.165, 1.54) is 6.33 Å². The molecule has 252 valence electrons. The molecule has 0 bridgehead atoms. The highest BCUT2D eigenvalue weighted by atomic mass is 35.5. The molecule has 0 N–H and O–H groups in total. The summed E-state index contributed by atoms with van der Waals surface area (Å²) in [6.45, 7) is 7.16. The van der Waals surface area contributed by atoms with E-state index >= 15 is 0 Å². The number of likely N-dealkylation sites (tertiary alicyclic amines) is 1. The molecule has 2 saturated heterocycles. The number of aromatic nitrogens is 4. The van der Waals surface area contributed by atoms with Crippen LogP contribution in [0.4, 0.5) is 15.9 Å². The Morgan fingerprint density at radius 1 is 1.08 bits per heavy atom. The zero-order chi connectivity index (χ0) is 34.1. The number of likely N-dealkylation sites (N-methyl/N-ethyl adjacent to an activating group) is 1. The van der Waals surface area contributed by atoms with Gasteiger partial charge in [0.25, 0.3) is 5.91 Å². The number of rotatable bonds is 8. The van der Waals surface area contributed by atoms with Gasteiger partial charge in [-0.15, -0.1) is 0 Å². The van der Waals surface area contributed by atoms with Crippen LogP contribution in [0.1, 0.15) is 29.7 Å². The molecule has 2 aromatic carbocycles. The van der Waals surface area contributed by atoms with Crippen molar-refractivity contribution in [3.63, 3.8) is 0 Å². The third kappa shape index (κ3) is 6.60. The second-order valence-electron chi connectivity index (χ2n) is 12.8. The van der Waals surface area contributed by atoms with Crippen molar-refractivity contribution < 1.29 is 13.9 Å². The van der Waals surface area contributed by atoms with Gasteiger partial charge in [-0.2, -0.15) is 15.2 Å². The molecule has 0 aliphatic carbocycles. The number of carbonyl (C=O) groups is 1. The van der Waals surface area contributed by atoms with Crippen LogP contribution in [0.15, 0.2) is 61.7 Å². The van der Waals surface area contributed by atoms with Crippen molar-refractivity contribution in [1.29, 1.82) is 5.26 Å². The summed E-state index contributed by atoms with van der Waals surface area (Å²) in [5.41, 5.74) is 3.71. The Bertz CT molecular complexity index is 1920. The first kappa shape index (κ1) is 32.7. The van der Waals surface area contributed by atoms with Crippen molar-refractivity contribution >= 4 is 45.4 Å². The number of halogens is 2. The van der Waals surface area contributed by atoms with Gasteiger partial charge < -0.3 is 19.4 Å². The molecule has 2 aromatic heterocycles. The Morgan fingerprint density at radius 2 is 1.88 bits per heavy atom. The molecule has 3 aliphatic rings. The number of amides is 1. The van der Waals surface area contributed by atoms with Gasteiger partial charge in [0, 0.05) is 78.9 Å². The first-order valence-corrected chi connectivity index (χ1v) is 16.8. The van der Waals surface area contributed by atoms with Crippen molar-refractivity contribution in [2.24, 2.45) is 0 Å². The van der Waals surface area contributed by atoms with Crippen molar-refractivity contribution in [2.75, 3.05) is 56.2 Å². The molecule has 1 amide bonds. The molecule has 0 saturated carbocycles. The average molecular weight is 682 g/mol. The maximum Gasteiger partial charge on any atom is 0.318 e. The lowest BCUT2D eigenvalue weighted by Crippen LogP contribution is -2.56. The molecule has 7 rings (SSSR count). The van der Waals surface area contributed by atoms with Crippen molar-refractivity contribution in [1.82, 2.24) is 29.7 Å². The molecule has 11 nitrogen and oxygen atoms in total. The number of carbonyl (C=O) groups excluding carboxylic acids is 1. The summed E-state index contributed by atoms with van der Waals surface area (Å²) in [5, 5.41) is 12.5. The van der Waals surface area contributed by atoms with Gasteiger partial charge in [0.2, 0.25) is 0 Å². The summed E-state index contributed by atoms with van der Waals surface area (Å²) in [6.07, 6.45) is 4.85. The Hall–Kier alpha value is -4.86. The number of alkyl halides is 1. The van der Waals surface area contributed by atoms with Gasteiger partial charge in [0.05, 0.1) is 35.8 Å². The van der Waals surface area contributed by atoms with Crippen LogP contribution in [0.25, 0.3) is 16.3 Å². The Balaban J connectivity index is 1.19.